The first-order valence-electron chi connectivity index (χ1n) is 39.9. The van der Waals surface area contributed by atoms with Crippen molar-refractivity contribution in [3.63, 3.8) is 0 Å². The van der Waals surface area contributed by atoms with Gasteiger partial charge in [0.1, 0.15) is 37.2 Å². The Kier molecular flexibility index (Phi) is 49.7. The number of hydrogen-bond donors (Lipinski definition) is 2. The predicted octanol–water partition coefficient (Wildman–Crippen LogP) is 21.7. The molecule has 1 aromatic carbocycles. The van der Waals surface area contributed by atoms with Crippen molar-refractivity contribution in [2.75, 3.05) is 45.3 Å². The van der Waals surface area contributed by atoms with Gasteiger partial charge < -0.3 is 38.7 Å². The zero-order valence-corrected chi connectivity index (χ0v) is 63.2. The number of nitrogens with one attached hydrogen (secondary N) is 1. The Hall–Kier alpha value is -4.77. The maximum Gasteiger partial charge on any atom is 0.694 e. The number of nitrogens with zero attached hydrogens (tertiary/aromatic N) is 5. The molecule has 2 amide bonds. The molecule has 19 heteroatoms. The van der Waals surface area contributed by atoms with Crippen LogP contribution < -0.4 is 19.5 Å². The maximum absolute atomic E-state index is 14.6. The van der Waals surface area contributed by atoms with E-state index in [1.165, 1.54) is 281 Å². The van der Waals surface area contributed by atoms with Crippen molar-refractivity contribution in [3.8, 4) is 17.2 Å². The van der Waals surface area contributed by atoms with Gasteiger partial charge >= 0.3 is 14.2 Å². The molecule has 1 saturated heterocycles. The Morgan fingerprint density at radius 3 is 1.33 bits per heavy atom. The summed E-state index contributed by atoms with van der Waals surface area (Å²) in [4.78, 5) is 76.8. The van der Waals surface area contributed by atoms with E-state index >= 15 is 0 Å². The number of aromatic nitrogens is 4. The minimum Gasteiger partial charge on any atom is -0.490 e. The zero-order chi connectivity index (χ0) is 70.3. The minimum atomic E-state index is -2.96. The number of fused-ring (bicyclic) bond motifs is 1. The second kappa shape index (κ2) is 56.8. The molecule has 4 rings (SSSR count). The molecule has 1 aliphatic rings. The van der Waals surface area contributed by atoms with Crippen LogP contribution in [0.4, 0.5) is 5.82 Å². The summed E-state index contributed by atoms with van der Waals surface area (Å²) in [5.74, 6) is -0.150. The number of ketones is 1. The van der Waals surface area contributed by atoms with E-state index in [2.05, 4.69) is 41.0 Å². The third-order valence-corrected chi connectivity index (χ3v) is 19.5. The van der Waals surface area contributed by atoms with Gasteiger partial charge in [-0.15, -0.1) is 9.42 Å². The molecule has 0 aliphatic carbocycles. The third-order valence-electron chi connectivity index (χ3n) is 19.2. The summed E-state index contributed by atoms with van der Waals surface area (Å²) in [7, 11) is -1.38. The number of carbonyl (C=O) groups is 4. The molecule has 1 fully saturated rings. The Morgan fingerprint density at radius 1 is 0.551 bits per heavy atom. The molecule has 2 N–H and O–H groups in total. The monoisotopic (exact) mass is 1390 g/mol. The van der Waals surface area contributed by atoms with E-state index in [9.17, 15) is 28.6 Å². The minimum absolute atomic E-state index is 0.00824. The molecule has 1 unspecified atom stereocenters. The number of unbranched alkanes of at least 4 members (excludes halogenated alkanes) is 45. The molecule has 4 atom stereocenters. The average Bonchev–Trinajstić information content (AvgIpc) is 1.02. The topological polar surface area (TPSA) is 220 Å². The molecular weight excluding hydrogens is 1260 g/mol. The third kappa shape index (κ3) is 39.4. The molecule has 558 valence electrons. The highest BCUT2D eigenvalue weighted by Crippen LogP contribution is 2.41. The van der Waals surface area contributed by atoms with Gasteiger partial charge in [-0.3, -0.25) is 19.0 Å². The first-order valence-corrected chi connectivity index (χ1v) is 41.0. The molecule has 18 nitrogen and oxygen atoms in total. The van der Waals surface area contributed by atoms with Crippen LogP contribution in [-0.2, 0) is 32.9 Å². The van der Waals surface area contributed by atoms with Crippen molar-refractivity contribution in [2.24, 2.45) is 0 Å². The van der Waals surface area contributed by atoms with Gasteiger partial charge in [-0.05, 0) is 38.3 Å². The van der Waals surface area contributed by atoms with Crippen molar-refractivity contribution in [2.45, 2.75) is 374 Å². The number of carbonyl (C=O) groups excluding carboxylic acids is 4. The highest BCUT2D eigenvalue weighted by molar-refractivity contribution is 7.32. The van der Waals surface area contributed by atoms with Gasteiger partial charge in [-0.1, -0.05) is 310 Å². The number of anilines is 1. The molecule has 0 saturated carbocycles. The summed E-state index contributed by atoms with van der Waals surface area (Å²) in [5, 5.41) is 2.82. The Balaban J connectivity index is 1.42. The molecular formula is C79H136N6O12P+. The number of rotatable bonds is 66. The summed E-state index contributed by atoms with van der Waals surface area (Å²) in [6, 6.07) is 3.49. The van der Waals surface area contributed by atoms with Gasteiger partial charge in [0, 0.05) is 30.0 Å². The van der Waals surface area contributed by atoms with Crippen LogP contribution in [0.3, 0.4) is 0 Å². The number of likely N-dealkylation sites (N-methyl/N-ethyl adjacent to an activating group) is 1. The number of amides is 2. The molecule has 3 heterocycles. The maximum atomic E-state index is 14.6. The van der Waals surface area contributed by atoms with Gasteiger partial charge in [0.15, 0.2) is 28.5 Å². The molecule has 3 aromatic rings. The van der Waals surface area contributed by atoms with Crippen LogP contribution in [0.1, 0.15) is 372 Å². The lowest BCUT2D eigenvalue weighted by atomic mass is 10.0. The lowest BCUT2D eigenvalue weighted by molar-refractivity contribution is -0.153. The lowest BCUT2D eigenvalue weighted by Crippen LogP contribution is -2.35. The average molecular weight is 1390 g/mol. The summed E-state index contributed by atoms with van der Waals surface area (Å²) >= 11 is 0. The van der Waals surface area contributed by atoms with Gasteiger partial charge in [0.05, 0.1) is 39.1 Å². The molecule has 1 aliphatic heterocycles. The number of Topliss-reactive ketones (excluding diaryl/α,β-unsaturated/α-hetero) is 1. The summed E-state index contributed by atoms with van der Waals surface area (Å²) < 4.78 is 49.8. The largest absolute Gasteiger partial charge is 0.694 e. The van der Waals surface area contributed by atoms with Crippen molar-refractivity contribution >= 4 is 48.8 Å². The van der Waals surface area contributed by atoms with E-state index < -0.39 is 44.5 Å². The van der Waals surface area contributed by atoms with Crippen molar-refractivity contribution in [3.05, 3.63) is 30.4 Å². The van der Waals surface area contributed by atoms with Crippen LogP contribution in [0, 0.1) is 0 Å². The quantitative estimate of drug-likeness (QED) is 0.0305. The van der Waals surface area contributed by atoms with Crippen LogP contribution in [0.5, 0.6) is 17.2 Å². The van der Waals surface area contributed by atoms with E-state index in [1.54, 1.807) is 23.7 Å². The van der Waals surface area contributed by atoms with E-state index in [-0.39, 0.29) is 55.2 Å². The zero-order valence-electron chi connectivity index (χ0n) is 62.3. The fourth-order valence-corrected chi connectivity index (χ4v) is 13.4. The highest BCUT2D eigenvalue weighted by Gasteiger charge is 2.41. The normalized spacial score (nSPS) is 14.7. The van der Waals surface area contributed by atoms with Crippen molar-refractivity contribution in [1.82, 2.24) is 24.4 Å². The Morgan fingerprint density at radius 2 is 0.939 bits per heavy atom. The predicted molar refractivity (Wildman–Crippen MR) is 397 cm³/mol. The van der Waals surface area contributed by atoms with Crippen LogP contribution in [0.2, 0.25) is 0 Å². The number of benzene rings is 1. The van der Waals surface area contributed by atoms with Gasteiger partial charge in [0.25, 0.3) is 5.91 Å². The van der Waals surface area contributed by atoms with Gasteiger partial charge in [-0.2, -0.15) is 0 Å². The van der Waals surface area contributed by atoms with E-state index in [0.29, 0.717) is 42.6 Å². The van der Waals surface area contributed by atoms with E-state index in [1.807, 2.05) is 0 Å². The molecule has 0 spiro atoms. The van der Waals surface area contributed by atoms with Gasteiger partial charge in [0.2, 0.25) is 11.7 Å². The van der Waals surface area contributed by atoms with Crippen LogP contribution in [0.15, 0.2) is 24.8 Å². The SMILES string of the molecule is CCCCCCCCCCCCCCCCCCOc1cc(C(=O)N(C)CC(=O)Nc2ncnc3c2ncn3[C@H]2C[C@@H](OC(=O)CCC(C)=O)[C@@H](CO[P+](=O)O)O2)cc(OCCCCCCCCCCCCCCCCCC)c1OCCCCCCCCCCCCCCCCCC. The van der Waals surface area contributed by atoms with Crippen LogP contribution in [-0.4, -0.2) is 105 Å². The van der Waals surface area contributed by atoms with Crippen LogP contribution >= 0.6 is 8.25 Å². The number of hydrogen-bond acceptors (Lipinski definition) is 14. The van der Waals surface area contributed by atoms with Crippen LogP contribution in [0.25, 0.3) is 11.2 Å². The molecule has 0 radical (unpaired) electrons. The van der Waals surface area contributed by atoms with E-state index in [4.69, 9.17) is 28.2 Å². The number of esters is 1. The Bertz CT molecular complexity index is 2510. The second-order valence-corrected chi connectivity index (χ2v) is 28.9. The summed E-state index contributed by atoms with van der Waals surface area (Å²) in [5.41, 5.74) is 0.840. The summed E-state index contributed by atoms with van der Waals surface area (Å²) in [6.45, 7) is 8.98. The second-order valence-electron chi connectivity index (χ2n) is 28.1. The fourth-order valence-electron chi connectivity index (χ4n) is 13.2. The first kappa shape index (κ1) is 85.6. The van der Waals surface area contributed by atoms with E-state index in [0.717, 1.165) is 51.4 Å². The smallest absolute Gasteiger partial charge is 0.490 e. The van der Waals surface area contributed by atoms with Gasteiger partial charge in [-0.25, -0.2) is 15.0 Å². The van der Waals surface area contributed by atoms with Crippen molar-refractivity contribution in [1.29, 1.82) is 0 Å². The molecule has 98 heavy (non-hydrogen) atoms. The lowest BCUT2D eigenvalue weighted by Gasteiger charge is -2.21. The molecule has 2 aromatic heterocycles. The Labute approximate surface area is 593 Å². The van der Waals surface area contributed by atoms with Crippen molar-refractivity contribution < 1.29 is 56.8 Å². The number of imidazole rings is 1. The highest BCUT2D eigenvalue weighted by atomic mass is 31.1. The summed E-state index contributed by atoms with van der Waals surface area (Å²) in [6.07, 6.45) is 61.6. The fraction of sp³-hybridized carbons (Fsp3) is 0.810. The number of ether oxygens (including phenoxy) is 5. The first-order chi connectivity index (χ1) is 47.9. The standard InChI is InChI=1S/C79H135N6O12P/c1-6-9-12-15-18-21-24-27-30-33-36-39-42-45-48-51-56-92-69-59-67(79(89)84(5)62-72(87)83-77-75-78(81-64-80-77)85(65-82-75)73-61-68(71(96-73)63-95-98(90)91)97-74(88)55-54-66(4)86)60-70(93-57-52-49-46-43-40-37-34-31-28-25-22-19-16-13-10-7-2)76(69)94-58-53-50-47-44-41-38-35-32-29-26-23-20-17-14-11-8-3/h59-60,64-65,68,71,73H,6-58,61-63H2,1-5H3,(H-,80,81,83,87,90,91)/p+1/t68-,71-,73-/m1/s1. The molecule has 0 bridgehead atoms.